The first kappa shape index (κ1) is 70.7. The summed E-state index contributed by atoms with van der Waals surface area (Å²) in [6.45, 7) is 0. The van der Waals surface area contributed by atoms with Gasteiger partial charge < -0.3 is 0 Å². The monoisotopic (exact) mass is 1790 g/mol. The van der Waals surface area contributed by atoms with Crippen LogP contribution in [0, 0.1) is 0 Å². The van der Waals surface area contributed by atoms with Gasteiger partial charge in [0.1, 0.15) is 0 Å². The van der Waals surface area contributed by atoms with Gasteiger partial charge in [-0.2, -0.15) is 0 Å². The average Bonchev–Trinajstić information content (AvgIpc) is 2.08. The van der Waals surface area contributed by atoms with E-state index in [1.54, 1.807) is 0 Å². The topological polar surface area (TPSA) is 367 Å². The van der Waals surface area contributed by atoms with Crippen molar-refractivity contribution < 1.29 is 180 Å². The molecule has 29 heavy (non-hydrogen) atoms. The van der Waals surface area contributed by atoms with Gasteiger partial charge in [-0.1, -0.05) is 0 Å². The zero-order valence-corrected chi connectivity index (χ0v) is 44.6. The van der Waals surface area contributed by atoms with Gasteiger partial charge in [0.25, 0.3) is 0 Å². The molecule has 0 heterocycles. The molecule has 0 aliphatic heterocycles. The van der Waals surface area contributed by atoms with E-state index in [0.29, 0.717) is 0 Å². The van der Waals surface area contributed by atoms with Gasteiger partial charge >= 0.3 is 317 Å². The molecule has 0 aliphatic rings. The molecule has 0 spiro atoms. The van der Waals surface area contributed by atoms with Gasteiger partial charge in [0.2, 0.25) is 0 Å². The number of hydrogen-bond donors (Lipinski definition) is 0. The standard InChI is InChI=1S/2Nb.18O.5Pb.2Ti.2Zr/q;;;;;;;;;;10*-1;5*+2;;;;. The minimum absolute atomic E-state index is 0. The van der Waals surface area contributed by atoms with Crippen LogP contribution < -0.4 is 34.7 Å². The molecule has 0 atom stereocenters. The molecule has 0 aromatic rings. The van der Waals surface area contributed by atoms with Crippen molar-refractivity contribution >= 4 is 136 Å². The van der Waals surface area contributed by atoms with Crippen LogP contribution in [-0.2, 0) is 145 Å². The maximum absolute atomic E-state index is 8.61. The molecule has 0 saturated heterocycles. The molecular formula is Nb2O18Pb5Ti2Zr2. The fourth-order valence-corrected chi connectivity index (χ4v) is 0. The van der Waals surface area contributed by atoms with E-state index in [1.807, 2.05) is 0 Å². The summed E-state index contributed by atoms with van der Waals surface area (Å²) in [6.07, 6.45) is 0. The van der Waals surface area contributed by atoms with Crippen LogP contribution in [0.1, 0.15) is 0 Å². The summed E-state index contributed by atoms with van der Waals surface area (Å²) in [4.78, 5) is 0. The summed E-state index contributed by atoms with van der Waals surface area (Å²) in [6, 6.07) is 0. The van der Waals surface area contributed by atoms with Crippen LogP contribution in [0.4, 0.5) is 0 Å². The zero-order chi connectivity index (χ0) is 21.5. The first-order chi connectivity index (χ1) is 10.4. The van der Waals surface area contributed by atoms with E-state index >= 15 is 0 Å². The molecule has 0 aliphatic carbocycles. The molecule has 10 radical (unpaired) electrons. The van der Waals surface area contributed by atoms with Crippen LogP contribution in [0.5, 0.6) is 0 Å². The third-order valence-corrected chi connectivity index (χ3v) is 0. The second-order valence-electron chi connectivity index (χ2n) is 1.45. The van der Waals surface area contributed by atoms with E-state index in [1.165, 1.54) is 0 Å². The Balaban J connectivity index is -0.0000000144. The van der Waals surface area contributed by atoms with Gasteiger partial charge in [0, 0.05) is 0 Å². The van der Waals surface area contributed by atoms with Crippen LogP contribution in [0.15, 0.2) is 0 Å². The molecule has 154 valence electrons. The maximum Gasteiger partial charge on any atom is 2.00 e. The Kier molecular flexibility index (Phi) is 158. The smallest absolute Gasteiger partial charge is 2.00 e. The fraction of sp³-hybridized carbons (Fsp3) is 0. The van der Waals surface area contributed by atoms with Gasteiger partial charge in [-0.25, -0.2) is 0 Å². The molecule has 0 unspecified atom stereocenters. The Bertz CT molecular complexity index is 393. The van der Waals surface area contributed by atoms with Crippen molar-refractivity contribution in [1.29, 1.82) is 0 Å². The normalized spacial score (nSPS) is 5.31. The summed E-state index contributed by atoms with van der Waals surface area (Å²) in [5.74, 6) is 0. The predicted molar refractivity (Wildman–Crippen MR) is 34.3 cm³/mol. The van der Waals surface area contributed by atoms with Crippen molar-refractivity contribution in [3.05, 3.63) is 0 Å². The van der Waals surface area contributed by atoms with E-state index in [4.69, 9.17) is 60.0 Å². The summed E-state index contributed by atoms with van der Waals surface area (Å²) < 4.78 is 155. The molecule has 0 N–H and O–H groups in total. The minimum atomic E-state index is -4.29. The first-order valence-corrected chi connectivity index (χ1v) is 18.8. The van der Waals surface area contributed by atoms with Gasteiger partial charge in [0.15, 0.2) is 0 Å². The van der Waals surface area contributed by atoms with Crippen LogP contribution in [0.3, 0.4) is 0 Å². The Labute approximate surface area is 308 Å². The van der Waals surface area contributed by atoms with Gasteiger partial charge in [0.05, 0.1) is 0 Å². The molecule has 0 fully saturated rings. The van der Waals surface area contributed by atoms with Crippen LogP contribution in [0.25, 0.3) is 0 Å². The van der Waals surface area contributed by atoms with Crippen LogP contribution in [0.2, 0.25) is 0 Å². The summed E-state index contributed by atoms with van der Waals surface area (Å²) in [5, 5.41) is 0. The molecule has 0 rings (SSSR count). The number of hydrogen-bond acceptors (Lipinski definition) is 18. The SMILES string of the molecule is [O]=[Nb](=[O])[O-].[O]=[Nb](=[O])[O-].[O]=[Ti]([O-])[O-].[O]=[Ti]([O-])[O-].[O]=[Zr]([O-])[O-].[O]=[Zr]([O-])[O-].[Pb+2].[Pb+2].[Pb+2].[Pb+2].[Pb+2]. The van der Waals surface area contributed by atoms with Crippen molar-refractivity contribution in [1.82, 2.24) is 0 Å². The Morgan fingerprint density at radius 1 is 0.517 bits per heavy atom. The average molecular weight is 1790 g/mol. The zero-order valence-electron chi connectivity index (χ0n) is 12.7. The third-order valence-electron chi connectivity index (χ3n) is 0. The maximum atomic E-state index is 8.61. The van der Waals surface area contributed by atoms with Crippen LogP contribution in [-0.4, -0.2) is 136 Å². The van der Waals surface area contributed by atoms with Crippen molar-refractivity contribution in [2.24, 2.45) is 0 Å². The van der Waals surface area contributed by atoms with Gasteiger partial charge in [-0.15, -0.1) is 0 Å². The van der Waals surface area contributed by atoms with Crippen molar-refractivity contribution in [2.45, 2.75) is 0 Å². The van der Waals surface area contributed by atoms with Crippen molar-refractivity contribution in [3.63, 3.8) is 0 Å². The van der Waals surface area contributed by atoms with E-state index in [2.05, 4.69) is 0 Å². The molecule has 29 heteroatoms. The summed E-state index contributed by atoms with van der Waals surface area (Å²) in [5.41, 5.74) is 0. The van der Waals surface area contributed by atoms with Crippen molar-refractivity contribution in [2.75, 3.05) is 0 Å². The van der Waals surface area contributed by atoms with Crippen molar-refractivity contribution in [3.8, 4) is 0 Å². The Morgan fingerprint density at radius 2 is 0.517 bits per heavy atom. The summed E-state index contributed by atoms with van der Waals surface area (Å²) >= 11 is -25.2. The minimum Gasteiger partial charge on any atom is 2.00 e. The van der Waals surface area contributed by atoms with Gasteiger partial charge in [-0.3, -0.25) is 0 Å². The first-order valence-electron chi connectivity index (χ1n) is 3.54. The summed E-state index contributed by atoms with van der Waals surface area (Å²) in [7, 11) is 0. The molecule has 18 nitrogen and oxygen atoms in total. The van der Waals surface area contributed by atoms with Crippen LogP contribution >= 0.6 is 0 Å². The molecule has 0 aromatic heterocycles. The Morgan fingerprint density at radius 3 is 0.517 bits per heavy atom. The largest absolute Gasteiger partial charge is 2.00 e. The second-order valence-corrected chi connectivity index (χ2v) is 7.67. The molecule has 0 bridgehead atoms. The number of rotatable bonds is 0. The molecule has 0 aromatic carbocycles. The second kappa shape index (κ2) is 64.9. The fourth-order valence-electron chi connectivity index (χ4n) is 0. The Hall–Kier alpha value is 7.29. The third kappa shape index (κ3) is 736. The van der Waals surface area contributed by atoms with E-state index in [-0.39, 0.29) is 136 Å². The molecular weight excluding hydrogens is 1790 g/mol. The van der Waals surface area contributed by atoms with Gasteiger partial charge in [-0.05, 0) is 0 Å². The van der Waals surface area contributed by atoms with E-state index in [0.717, 1.165) is 0 Å². The quantitative estimate of drug-likeness (QED) is 0.203. The van der Waals surface area contributed by atoms with E-state index < -0.39 is 120 Å². The van der Waals surface area contributed by atoms with E-state index in [9.17, 15) is 0 Å². The predicted octanol–water partition coefficient (Wildman–Crippen LogP) is -14.8. The molecule has 0 saturated carbocycles. The molecule has 0 amide bonds.